The van der Waals surface area contributed by atoms with Crippen LogP contribution in [-0.2, 0) is 9.59 Å². The van der Waals surface area contributed by atoms with Gasteiger partial charge in [-0.1, -0.05) is 0 Å². The van der Waals surface area contributed by atoms with Crippen LogP contribution in [0.4, 0.5) is 11.4 Å². The van der Waals surface area contributed by atoms with Gasteiger partial charge in [-0.3, -0.25) is 14.4 Å². The van der Waals surface area contributed by atoms with E-state index in [0.717, 1.165) is 0 Å². The Hall–Kier alpha value is -3.55. The Bertz CT molecular complexity index is 802. The topological polar surface area (TPSA) is 120 Å². The maximum absolute atomic E-state index is 12.0. The number of hydrogen-bond donors (Lipinski definition) is 3. The Labute approximate surface area is 143 Å². The standard InChI is InChI=1S/C17H17N3O5/c1-24-13-8-7-12(9-14(13)25-2)20-17(23)16(22)19-11-5-3-10(4-6-11)15(18)21/h3-9H,1-2H3,(H2,18,21)(H,19,22)(H,20,23). The summed E-state index contributed by atoms with van der Waals surface area (Å²) in [6, 6.07) is 10.6. The monoisotopic (exact) mass is 343 g/mol. The molecule has 3 amide bonds. The van der Waals surface area contributed by atoms with Crippen molar-refractivity contribution in [2.75, 3.05) is 24.9 Å². The van der Waals surface area contributed by atoms with Crippen molar-refractivity contribution in [3.63, 3.8) is 0 Å². The molecule has 2 aromatic carbocycles. The van der Waals surface area contributed by atoms with Gasteiger partial charge in [0.2, 0.25) is 5.91 Å². The van der Waals surface area contributed by atoms with Gasteiger partial charge in [-0.25, -0.2) is 0 Å². The number of anilines is 2. The molecule has 0 atom stereocenters. The first-order valence-electron chi connectivity index (χ1n) is 7.19. The van der Waals surface area contributed by atoms with E-state index in [0.29, 0.717) is 28.4 Å². The molecule has 2 rings (SSSR count). The highest BCUT2D eigenvalue weighted by atomic mass is 16.5. The first-order valence-corrected chi connectivity index (χ1v) is 7.19. The summed E-state index contributed by atoms with van der Waals surface area (Å²) in [6.07, 6.45) is 0. The second-order valence-electron chi connectivity index (χ2n) is 4.92. The largest absolute Gasteiger partial charge is 0.493 e. The summed E-state index contributed by atoms with van der Waals surface area (Å²) in [7, 11) is 2.96. The van der Waals surface area contributed by atoms with Gasteiger partial charge in [-0.15, -0.1) is 0 Å². The Kier molecular flexibility index (Phi) is 5.57. The molecule has 8 nitrogen and oxygen atoms in total. The number of carbonyl (C=O) groups excluding carboxylic acids is 3. The van der Waals surface area contributed by atoms with Crippen LogP contribution in [0.1, 0.15) is 10.4 Å². The number of ether oxygens (including phenoxy) is 2. The summed E-state index contributed by atoms with van der Waals surface area (Å²) in [5.41, 5.74) is 6.17. The van der Waals surface area contributed by atoms with E-state index in [-0.39, 0.29) is 0 Å². The molecule has 0 saturated carbocycles. The van der Waals surface area contributed by atoms with E-state index in [1.54, 1.807) is 12.1 Å². The molecule has 8 heteroatoms. The maximum atomic E-state index is 12.0. The lowest BCUT2D eigenvalue weighted by Crippen LogP contribution is -2.29. The van der Waals surface area contributed by atoms with E-state index in [4.69, 9.17) is 15.2 Å². The summed E-state index contributed by atoms with van der Waals surface area (Å²) in [4.78, 5) is 34.9. The minimum atomic E-state index is -0.860. The molecule has 2 aromatic rings. The average molecular weight is 343 g/mol. The number of amides is 3. The van der Waals surface area contributed by atoms with Crippen LogP contribution < -0.4 is 25.8 Å². The fourth-order valence-corrected chi connectivity index (χ4v) is 2.01. The second kappa shape index (κ2) is 7.82. The van der Waals surface area contributed by atoms with E-state index < -0.39 is 17.7 Å². The Balaban J connectivity index is 2.02. The van der Waals surface area contributed by atoms with Gasteiger partial charge in [0.05, 0.1) is 14.2 Å². The summed E-state index contributed by atoms with van der Waals surface area (Å²) in [5, 5.41) is 4.88. The van der Waals surface area contributed by atoms with Crippen LogP contribution in [0.25, 0.3) is 0 Å². The van der Waals surface area contributed by atoms with Crippen molar-refractivity contribution >= 4 is 29.1 Å². The van der Waals surface area contributed by atoms with Crippen molar-refractivity contribution in [1.29, 1.82) is 0 Å². The molecule has 25 heavy (non-hydrogen) atoms. The van der Waals surface area contributed by atoms with Gasteiger partial charge in [0.25, 0.3) is 0 Å². The number of rotatable bonds is 5. The normalized spacial score (nSPS) is 9.84. The first kappa shape index (κ1) is 17.8. The van der Waals surface area contributed by atoms with Crippen molar-refractivity contribution in [2.45, 2.75) is 0 Å². The Morgan fingerprint density at radius 1 is 0.800 bits per heavy atom. The predicted molar refractivity (Wildman–Crippen MR) is 91.8 cm³/mol. The Morgan fingerprint density at radius 2 is 1.32 bits per heavy atom. The molecule has 0 aliphatic carbocycles. The van der Waals surface area contributed by atoms with E-state index in [2.05, 4.69) is 10.6 Å². The van der Waals surface area contributed by atoms with Gasteiger partial charge in [0.15, 0.2) is 11.5 Å². The van der Waals surface area contributed by atoms with E-state index >= 15 is 0 Å². The molecule has 0 unspecified atom stereocenters. The van der Waals surface area contributed by atoms with Gasteiger partial charge in [-0.2, -0.15) is 0 Å². The zero-order chi connectivity index (χ0) is 18.4. The maximum Gasteiger partial charge on any atom is 0.314 e. The highest BCUT2D eigenvalue weighted by molar-refractivity contribution is 6.43. The quantitative estimate of drug-likeness (QED) is 0.709. The summed E-state index contributed by atoms with van der Waals surface area (Å²) in [6.45, 7) is 0. The molecule has 4 N–H and O–H groups in total. The molecule has 0 spiro atoms. The lowest BCUT2D eigenvalue weighted by molar-refractivity contribution is -0.132. The smallest absolute Gasteiger partial charge is 0.314 e. The summed E-state index contributed by atoms with van der Waals surface area (Å²) < 4.78 is 10.2. The fourth-order valence-electron chi connectivity index (χ4n) is 2.01. The number of methoxy groups -OCH3 is 2. The van der Waals surface area contributed by atoms with Crippen LogP contribution in [0.2, 0.25) is 0 Å². The lowest BCUT2D eigenvalue weighted by atomic mass is 10.2. The molecule has 0 aliphatic heterocycles. The van der Waals surface area contributed by atoms with Gasteiger partial charge < -0.3 is 25.8 Å². The zero-order valence-corrected chi connectivity index (χ0v) is 13.7. The highest BCUT2D eigenvalue weighted by Crippen LogP contribution is 2.29. The molecule has 0 saturated heterocycles. The summed E-state index contributed by atoms with van der Waals surface area (Å²) in [5.74, 6) is -1.38. The average Bonchev–Trinajstić information content (AvgIpc) is 2.61. The van der Waals surface area contributed by atoms with Gasteiger partial charge >= 0.3 is 11.8 Å². The molecule has 0 radical (unpaired) electrons. The van der Waals surface area contributed by atoms with Crippen LogP contribution in [0.15, 0.2) is 42.5 Å². The van der Waals surface area contributed by atoms with Crippen LogP contribution in [0, 0.1) is 0 Å². The van der Waals surface area contributed by atoms with Crippen molar-refractivity contribution in [1.82, 2.24) is 0 Å². The highest BCUT2D eigenvalue weighted by Gasteiger charge is 2.15. The summed E-state index contributed by atoms with van der Waals surface area (Å²) >= 11 is 0. The van der Waals surface area contributed by atoms with Crippen molar-refractivity contribution in [2.24, 2.45) is 5.73 Å². The Morgan fingerprint density at radius 3 is 1.84 bits per heavy atom. The minimum absolute atomic E-state index is 0.299. The van der Waals surface area contributed by atoms with Crippen molar-refractivity contribution in [3.8, 4) is 11.5 Å². The zero-order valence-electron chi connectivity index (χ0n) is 13.7. The third-order valence-electron chi connectivity index (χ3n) is 3.27. The molecular weight excluding hydrogens is 326 g/mol. The number of benzene rings is 2. The van der Waals surface area contributed by atoms with Crippen LogP contribution in [-0.4, -0.2) is 31.9 Å². The number of nitrogens with one attached hydrogen (secondary N) is 2. The van der Waals surface area contributed by atoms with Gasteiger partial charge in [0, 0.05) is 23.0 Å². The SMILES string of the molecule is COc1ccc(NC(=O)C(=O)Nc2ccc(C(N)=O)cc2)cc1OC. The van der Waals surface area contributed by atoms with Crippen molar-refractivity contribution in [3.05, 3.63) is 48.0 Å². The van der Waals surface area contributed by atoms with Crippen LogP contribution in [0.5, 0.6) is 11.5 Å². The molecule has 130 valence electrons. The van der Waals surface area contributed by atoms with Crippen molar-refractivity contribution < 1.29 is 23.9 Å². The van der Waals surface area contributed by atoms with E-state index in [1.807, 2.05) is 0 Å². The number of hydrogen-bond acceptors (Lipinski definition) is 5. The number of nitrogens with two attached hydrogens (primary N) is 1. The van der Waals surface area contributed by atoms with Gasteiger partial charge in [-0.05, 0) is 36.4 Å². The van der Waals surface area contributed by atoms with Crippen LogP contribution >= 0.6 is 0 Å². The molecule has 0 aromatic heterocycles. The molecular formula is C17H17N3O5. The second-order valence-corrected chi connectivity index (χ2v) is 4.92. The van der Waals surface area contributed by atoms with E-state index in [1.165, 1.54) is 44.6 Å². The molecule has 0 bridgehead atoms. The lowest BCUT2D eigenvalue weighted by Gasteiger charge is -2.10. The molecule has 0 aliphatic rings. The fraction of sp³-hybridized carbons (Fsp3) is 0.118. The molecule has 0 heterocycles. The predicted octanol–water partition coefficient (Wildman–Crippen LogP) is 1.38. The number of primary amides is 1. The minimum Gasteiger partial charge on any atom is -0.493 e. The third kappa shape index (κ3) is 4.47. The van der Waals surface area contributed by atoms with Gasteiger partial charge in [0.1, 0.15) is 0 Å². The van der Waals surface area contributed by atoms with Crippen LogP contribution in [0.3, 0.4) is 0 Å². The first-order chi connectivity index (χ1) is 11.9. The van der Waals surface area contributed by atoms with E-state index in [9.17, 15) is 14.4 Å². The number of carbonyl (C=O) groups is 3. The molecule has 0 fully saturated rings. The third-order valence-corrected chi connectivity index (χ3v) is 3.27.